The van der Waals surface area contributed by atoms with Crippen LogP contribution in [0.3, 0.4) is 0 Å². The fourth-order valence-corrected chi connectivity index (χ4v) is 4.41. The van der Waals surface area contributed by atoms with E-state index >= 15 is 0 Å². The first kappa shape index (κ1) is 19.1. The van der Waals surface area contributed by atoms with Crippen LogP contribution in [-0.4, -0.2) is 37.8 Å². The van der Waals surface area contributed by atoms with Crippen molar-refractivity contribution in [1.82, 2.24) is 10.6 Å². The molecule has 0 radical (unpaired) electrons. The lowest BCUT2D eigenvalue weighted by Crippen LogP contribution is -2.43. The van der Waals surface area contributed by atoms with Crippen molar-refractivity contribution in [1.29, 1.82) is 0 Å². The predicted octanol–water partition coefficient (Wildman–Crippen LogP) is 1.70. The molecule has 2 N–H and O–H groups in total. The average Bonchev–Trinajstić information content (AvgIpc) is 2.85. The van der Waals surface area contributed by atoms with Gasteiger partial charge in [-0.2, -0.15) is 0 Å². The van der Waals surface area contributed by atoms with Gasteiger partial charge >= 0.3 is 0 Å². The zero-order chi connectivity index (χ0) is 19.6. The highest BCUT2D eigenvalue weighted by atomic mass is 16.5. The molecule has 6 nitrogen and oxygen atoms in total. The summed E-state index contributed by atoms with van der Waals surface area (Å²) in [5, 5.41) is 5.56. The molecule has 1 aromatic rings. The lowest BCUT2D eigenvalue weighted by Gasteiger charge is -2.35. The number of ketones is 1. The third-order valence-electron chi connectivity index (χ3n) is 5.79. The number of nitrogens with one attached hydrogen (secondary N) is 2. The van der Waals surface area contributed by atoms with E-state index in [9.17, 15) is 14.4 Å². The Balaban J connectivity index is 1.89. The van der Waals surface area contributed by atoms with Crippen molar-refractivity contribution in [2.75, 3.05) is 20.2 Å². The van der Waals surface area contributed by atoms with Gasteiger partial charge in [0.25, 0.3) is 0 Å². The van der Waals surface area contributed by atoms with Gasteiger partial charge in [0.1, 0.15) is 0 Å². The predicted molar refractivity (Wildman–Crippen MR) is 101 cm³/mol. The molecular weight excluding hydrogens is 344 g/mol. The Morgan fingerprint density at radius 2 is 1.93 bits per heavy atom. The number of rotatable bonds is 5. The second-order valence-corrected chi connectivity index (χ2v) is 7.55. The van der Waals surface area contributed by atoms with Gasteiger partial charge in [-0.3, -0.25) is 14.4 Å². The van der Waals surface area contributed by atoms with Gasteiger partial charge in [-0.15, -0.1) is 0 Å². The number of carbonyl (C=O) groups excluding carboxylic acids is 3. The number of benzene rings is 1. The molecule has 6 heteroatoms. The maximum atomic E-state index is 13.0. The van der Waals surface area contributed by atoms with Crippen LogP contribution in [0, 0.1) is 11.3 Å². The number of hydrogen-bond donors (Lipinski definition) is 2. The molecule has 1 aromatic carbocycles. The molecule has 3 atom stereocenters. The molecule has 3 rings (SSSR count). The monoisotopic (exact) mass is 370 g/mol. The molecule has 0 heterocycles. The summed E-state index contributed by atoms with van der Waals surface area (Å²) >= 11 is 0. The maximum absolute atomic E-state index is 13.0. The number of Topliss-reactive ketones (excluding diaryl/α,β-unsaturated/α-hetero) is 1. The first-order chi connectivity index (χ1) is 12.9. The maximum Gasteiger partial charge on any atom is 0.227 e. The number of ether oxygens (including phenoxy) is 1. The average molecular weight is 370 g/mol. The van der Waals surface area contributed by atoms with Crippen LogP contribution in [0.4, 0.5) is 0 Å². The number of hydrogen-bond acceptors (Lipinski definition) is 4. The molecule has 0 fully saturated rings. The standard InChI is InChI=1S/C21H26N2O4/c1-13(24)22-8-9-23-20(26)17-11-19(27-3)18(25)10-16-15-7-5-4-6-14(15)12-21(16,17)2/h4-7,11,16-17H,8-10,12H2,1-3H3,(H,22,24)(H,23,26)/t16-,17-,21?/m1/s1. The summed E-state index contributed by atoms with van der Waals surface area (Å²) in [6.07, 6.45) is 2.75. The Labute approximate surface area is 159 Å². The van der Waals surface area contributed by atoms with Crippen LogP contribution < -0.4 is 10.6 Å². The first-order valence-electron chi connectivity index (χ1n) is 9.25. The fourth-order valence-electron chi connectivity index (χ4n) is 4.41. The van der Waals surface area contributed by atoms with Crippen LogP contribution in [0.25, 0.3) is 0 Å². The van der Waals surface area contributed by atoms with E-state index < -0.39 is 11.3 Å². The second kappa shape index (κ2) is 7.55. The number of amides is 2. The quantitative estimate of drug-likeness (QED) is 0.773. The second-order valence-electron chi connectivity index (χ2n) is 7.55. The van der Waals surface area contributed by atoms with Crippen LogP contribution in [-0.2, 0) is 25.5 Å². The summed E-state index contributed by atoms with van der Waals surface area (Å²) in [5.41, 5.74) is 1.94. The van der Waals surface area contributed by atoms with Gasteiger partial charge < -0.3 is 15.4 Å². The van der Waals surface area contributed by atoms with E-state index in [1.807, 2.05) is 12.1 Å². The Kier molecular flexibility index (Phi) is 5.35. The molecule has 0 bridgehead atoms. The van der Waals surface area contributed by atoms with Gasteiger partial charge in [0, 0.05) is 26.4 Å². The van der Waals surface area contributed by atoms with E-state index in [4.69, 9.17) is 4.74 Å². The van der Waals surface area contributed by atoms with E-state index in [1.165, 1.54) is 19.6 Å². The van der Waals surface area contributed by atoms with E-state index in [0.29, 0.717) is 19.5 Å². The summed E-state index contributed by atoms with van der Waals surface area (Å²) in [5.74, 6) is -0.622. The third-order valence-corrected chi connectivity index (χ3v) is 5.79. The molecule has 0 spiro atoms. The molecule has 2 aliphatic rings. The summed E-state index contributed by atoms with van der Waals surface area (Å²) in [6, 6.07) is 8.11. The highest BCUT2D eigenvalue weighted by molar-refractivity contribution is 5.96. The van der Waals surface area contributed by atoms with E-state index in [1.54, 1.807) is 6.08 Å². The Morgan fingerprint density at radius 1 is 1.22 bits per heavy atom. The third kappa shape index (κ3) is 3.61. The SMILES string of the molecule is COC1=C[C@H](C(=O)NCCNC(C)=O)C2(C)Cc3ccccc3[C@H]2CC1=O. The lowest BCUT2D eigenvalue weighted by atomic mass is 9.67. The zero-order valence-electron chi connectivity index (χ0n) is 16.0. The summed E-state index contributed by atoms with van der Waals surface area (Å²) in [4.78, 5) is 36.7. The topological polar surface area (TPSA) is 84.5 Å². The summed E-state index contributed by atoms with van der Waals surface area (Å²) in [6.45, 7) is 4.23. The minimum Gasteiger partial charge on any atom is -0.493 e. The van der Waals surface area contributed by atoms with Crippen LogP contribution >= 0.6 is 0 Å². The molecule has 27 heavy (non-hydrogen) atoms. The van der Waals surface area contributed by atoms with Gasteiger partial charge in [0.05, 0.1) is 13.0 Å². The van der Waals surface area contributed by atoms with Crippen molar-refractivity contribution >= 4 is 17.6 Å². The van der Waals surface area contributed by atoms with Crippen molar-refractivity contribution in [3.8, 4) is 0 Å². The van der Waals surface area contributed by atoms with Gasteiger partial charge in [-0.25, -0.2) is 0 Å². The molecule has 2 aliphatic carbocycles. The Morgan fingerprint density at radius 3 is 2.63 bits per heavy atom. The van der Waals surface area contributed by atoms with E-state index in [-0.39, 0.29) is 29.3 Å². The highest BCUT2D eigenvalue weighted by Crippen LogP contribution is 2.55. The van der Waals surface area contributed by atoms with Crippen molar-refractivity contribution in [2.24, 2.45) is 11.3 Å². The molecule has 2 amide bonds. The van der Waals surface area contributed by atoms with Crippen molar-refractivity contribution in [3.63, 3.8) is 0 Å². The summed E-state index contributed by atoms with van der Waals surface area (Å²) < 4.78 is 5.29. The minimum absolute atomic E-state index is 0.0313. The molecular formula is C21H26N2O4. The molecule has 1 unspecified atom stereocenters. The number of allylic oxidation sites excluding steroid dienone is 1. The highest BCUT2D eigenvalue weighted by Gasteiger charge is 2.52. The molecule has 0 aliphatic heterocycles. The van der Waals surface area contributed by atoms with Gasteiger partial charge in [0.15, 0.2) is 11.5 Å². The van der Waals surface area contributed by atoms with E-state index in [2.05, 4.69) is 29.7 Å². The van der Waals surface area contributed by atoms with E-state index in [0.717, 1.165) is 12.0 Å². The molecule has 0 saturated carbocycles. The molecule has 0 saturated heterocycles. The van der Waals surface area contributed by atoms with Gasteiger partial charge in [-0.05, 0) is 35.0 Å². The zero-order valence-corrected chi connectivity index (χ0v) is 16.0. The molecule has 0 aromatic heterocycles. The fraction of sp³-hybridized carbons (Fsp3) is 0.476. The normalized spacial score (nSPS) is 26.3. The number of carbonyl (C=O) groups is 3. The van der Waals surface area contributed by atoms with Gasteiger partial charge in [-0.1, -0.05) is 31.2 Å². The van der Waals surface area contributed by atoms with Crippen LogP contribution in [0.1, 0.15) is 37.3 Å². The number of fused-ring (bicyclic) bond motifs is 3. The van der Waals surface area contributed by atoms with Crippen LogP contribution in [0.15, 0.2) is 36.1 Å². The Hall–Kier alpha value is -2.63. The molecule has 144 valence electrons. The van der Waals surface area contributed by atoms with Crippen molar-refractivity contribution in [2.45, 2.75) is 32.6 Å². The minimum atomic E-state index is -0.492. The Bertz CT molecular complexity index is 801. The number of methoxy groups -OCH3 is 1. The van der Waals surface area contributed by atoms with Crippen molar-refractivity contribution < 1.29 is 19.1 Å². The van der Waals surface area contributed by atoms with Crippen molar-refractivity contribution in [3.05, 3.63) is 47.2 Å². The summed E-state index contributed by atoms with van der Waals surface area (Å²) in [7, 11) is 1.47. The largest absolute Gasteiger partial charge is 0.493 e. The van der Waals surface area contributed by atoms with Crippen LogP contribution in [0.5, 0.6) is 0 Å². The lowest BCUT2D eigenvalue weighted by molar-refractivity contribution is -0.128. The first-order valence-corrected chi connectivity index (χ1v) is 9.25. The van der Waals surface area contributed by atoms with Gasteiger partial charge in [0.2, 0.25) is 11.8 Å². The van der Waals surface area contributed by atoms with Crippen LogP contribution in [0.2, 0.25) is 0 Å². The smallest absolute Gasteiger partial charge is 0.227 e.